The predicted molar refractivity (Wildman–Crippen MR) is 171 cm³/mol. The van der Waals surface area contributed by atoms with Gasteiger partial charge in [0, 0.05) is 19.0 Å². The van der Waals surface area contributed by atoms with Crippen LogP contribution in [0.3, 0.4) is 0 Å². The average molecular weight is 606 g/mol. The van der Waals surface area contributed by atoms with Crippen LogP contribution in [0.2, 0.25) is 0 Å². The fourth-order valence-electron chi connectivity index (χ4n) is 5.75. The van der Waals surface area contributed by atoms with E-state index in [0.717, 1.165) is 64.9 Å². The molecule has 1 aliphatic rings. The Labute approximate surface area is 256 Å². The number of ether oxygens (including phenoxy) is 1. The molecule has 0 aromatic heterocycles. The number of hydrogen-bond acceptors (Lipinski definition) is 5. The molecule has 0 aliphatic heterocycles. The van der Waals surface area contributed by atoms with Crippen molar-refractivity contribution >= 4 is 27.5 Å². The number of rotatable bonds is 12. The summed E-state index contributed by atoms with van der Waals surface area (Å²) in [6.45, 7) is 3.43. The van der Waals surface area contributed by atoms with Gasteiger partial charge in [-0.15, -0.1) is 0 Å². The molecule has 0 radical (unpaired) electrons. The topological polar surface area (TPSA) is 96.0 Å². The molecule has 1 atom stereocenters. The van der Waals surface area contributed by atoms with Crippen LogP contribution in [-0.4, -0.2) is 57.1 Å². The van der Waals surface area contributed by atoms with Gasteiger partial charge in [0.2, 0.25) is 21.8 Å². The third-order valence-electron chi connectivity index (χ3n) is 8.01. The zero-order chi connectivity index (χ0) is 31.0. The van der Waals surface area contributed by atoms with Gasteiger partial charge in [-0.1, -0.05) is 79.4 Å². The van der Waals surface area contributed by atoms with Gasteiger partial charge in [-0.2, -0.15) is 0 Å². The standard InChI is InChI=1S/C34H43N3O5S/c1-25-18-19-31(26(2)20-25)37(43(4,40)41)24-33(38)36(23-28-14-11-17-30(21-28)42-3)32(22-27-12-7-5-8-13-27)34(39)35-29-15-9-6-10-16-29/h5,7-8,11-14,17-21,29,32H,6,9-10,15-16,22-24H2,1-4H3,(H,35,39)/t32-/m0/s1. The average Bonchev–Trinajstić information content (AvgIpc) is 2.98. The van der Waals surface area contributed by atoms with Crippen molar-refractivity contribution in [1.29, 1.82) is 0 Å². The Morgan fingerprint density at radius 3 is 2.28 bits per heavy atom. The van der Waals surface area contributed by atoms with Gasteiger partial charge < -0.3 is 15.0 Å². The van der Waals surface area contributed by atoms with Crippen molar-refractivity contribution in [3.05, 3.63) is 95.1 Å². The van der Waals surface area contributed by atoms with Crippen molar-refractivity contribution in [2.24, 2.45) is 0 Å². The number of amides is 2. The Kier molecular flexibility index (Phi) is 10.9. The second kappa shape index (κ2) is 14.6. The maximum atomic E-state index is 14.3. The van der Waals surface area contributed by atoms with Crippen molar-refractivity contribution in [2.45, 2.75) is 71.0 Å². The summed E-state index contributed by atoms with van der Waals surface area (Å²) >= 11 is 0. The molecular weight excluding hydrogens is 562 g/mol. The highest BCUT2D eigenvalue weighted by atomic mass is 32.2. The van der Waals surface area contributed by atoms with Gasteiger partial charge in [-0.25, -0.2) is 8.42 Å². The van der Waals surface area contributed by atoms with Crippen molar-refractivity contribution in [3.63, 3.8) is 0 Å². The summed E-state index contributed by atoms with van der Waals surface area (Å²) in [7, 11) is -2.25. The normalized spacial score (nSPS) is 14.5. The van der Waals surface area contributed by atoms with E-state index in [-0.39, 0.29) is 24.9 Å². The lowest BCUT2D eigenvalue weighted by Gasteiger charge is -2.35. The molecule has 9 heteroatoms. The minimum Gasteiger partial charge on any atom is -0.497 e. The molecule has 0 heterocycles. The van der Waals surface area contributed by atoms with Crippen LogP contribution in [0.4, 0.5) is 5.69 Å². The number of nitrogens with one attached hydrogen (secondary N) is 1. The Bertz CT molecular complexity index is 1500. The smallest absolute Gasteiger partial charge is 0.244 e. The predicted octanol–water partition coefficient (Wildman–Crippen LogP) is 5.17. The zero-order valence-electron chi connectivity index (χ0n) is 25.6. The Hall–Kier alpha value is -3.85. The molecular formula is C34H43N3O5S. The van der Waals surface area contributed by atoms with Crippen LogP contribution in [0.1, 0.15) is 54.4 Å². The maximum absolute atomic E-state index is 14.3. The fourth-order valence-corrected chi connectivity index (χ4v) is 6.65. The van der Waals surface area contributed by atoms with E-state index in [9.17, 15) is 18.0 Å². The molecule has 0 spiro atoms. The van der Waals surface area contributed by atoms with Crippen LogP contribution in [0.5, 0.6) is 5.75 Å². The van der Waals surface area contributed by atoms with E-state index >= 15 is 0 Å². The van der Waals surface area contributed by atoms with E-state index < -0.39 is 28.5 Å². The van der Waals surface area contributed by atoms with E-state index in [0.29, 0.717) is 11.4 Å². The molecule has 2 amide bonds. The van der Waals surface area contributed by atoms with Crippen molar-refractivity contribution in [2.75, 3.05) is 24.2 Å². The van der Waals surface area contributed by atoms with E-state index in [1.54, 1.807) is 13.2 Å². The summed E-state index contributed by atoms with van der Waals surface area (Å²) in [5, 5.41) is 3.22. The second-order valence-electron chi connectivity index (χ2n) is 11.5. The Balaban J connectivity index is 1.75. The maximum Gasteiger partial charge on any atom is 0.244 e. The summed E-state index contributed by atoms with van der Waals surface area (Å²) in [6, 6.07) is 21.6. The molecule has 3 aromatic rings. The number of nitrogens with zero attached hydrogens (tertiary/aromatic N) is 2. The first-order valence-corrected chi connectivity index (χ1v) is 16.7. The summed E-state index contributed by atoms with van der Waals surface area (Å²) in [5.41, 5.74) is 3.85. The van der Waals surface area contributed by atoms with Gasteiger partial charge >= 0.3 is 0 Å². The molecule has 230 valence electrons. The summed E-state index contributed by atoms with van der Waals surface area (Å²) in [6.07, 6.45) is 6.46. The Morgan fingerprint density at radius 1 is 0.930 bits per heavy atom. The number of carbonyl (C=O) groups is 2. The molecule has 1 N–H and O–H groups in total. The largest absolute Gasteiger partial charge is 0.497 e. The highest BCUT2D eigenvalue weighted by molar-refractivity contribution is 7.92. The zero-order valence-corrected chi connectivity index (χ0v) is 26.4. The van der Waals surface area contributed by atoms with Crippen molar-refractivity contribution < 1.29 is 22.7 Å². The van der Waals surface area contributed by atoms with Gasteiger partial charge in [0.25, 0.3) is 0 Å². The molecule has 1 aliphatic carbocycles. The number of methoxy groups -OCH3 is 1. The van der Waals surface area contributed by atoms with Crippen LogP contribution in [0, 0.1) is 13.8 Å². The lowest BCUT2D eigenvalue weighted by atomic mass is 9.94. The molecule has 4 rings (SSSR count). The van der Waals surface area contributed by atoms with Crippen LogP contribution in [-0.2, 0) is 32.6 Å². The summed E-state index contributed by atoms with van der Waals surface area (Å²) < 4.78 is 32.7. The van der Waals surface area contributed by atoms with Crippen molar-refractivity contribution in [1.82, 2.24) is 10.2 Å². The quantitative estimate of drug-likeness (QED) is 0.308. The number of benzene rings is 3. The van der Waals surface area contributed by atoms with Gasteiger partial charge in [0.05, 0.1) is 19.1 Å². The van der Waals surface area contributed by atoms with E-state index in [1.165, 1.54) is 4.90 Å². The van der Waals surface area contributed by atoms with Gasteiger partial charge in [-0.3, -0.25) is 13.9 Å². The molecule has 1 fully saturated rings. The van der Waals surface area contributed by atoms with Gasteiger partial charge in [0.15, 0.2) is 0 Å². The minimum atomic E-state index is -3.83. The first-order chi connectivity index (χ1) is 20.5. The third-order valence-corrected chi connectivity index (χ3v) is 9.14. The van der Waals surface area contributed by atoms with Crippen LogP contribution >= 0.6 is 0 Å². The monoisotopic (exact) mass is 605 g/mol. The van der Waals surface area contributed by atoms with Gasteiger partial charge in [-0.05, 0) is 61.6 Å². The summed E-state index contributed by atoms with van der Waals surface area (Å²) in [4.78, 5) is 29.9. The SMILES string of the molecule is COc1cccc(CN(C(=O)CN(c2ccc(C)cc2C)S(C)(=O)=O)[C@@H](Cc2ccccc2)C(=O)NC2CCCCC2)c1. The molecule has 8 nitrogen and oxygen atoms in total. The lowest BCUT2D eigenvalue weighted by Crippen LogP contribution is -2.55. The van der Waals surface area contributed by atoms with E-state index in [1.807, 2.05) is 80.6 Å². The summed E-state index contributed by atoms with van der Waals surface area (Å²) in [5.74, 6) is -0.0680. The molecule has 1 saturated carbocycles. The van der Waals surface area contributed by atoms with Gasteiger partial charge in [0.1, 0.15) is 18.3 Å². The van der Waals surface area contributed by atoms with Crippen molar-refractivity contribution in [3.8, 4) is 5.75 Å². The number of anilines is 1. The lowest BCUT2D eigenvalue weighted by molar-refractivity contribution is -0.140. The molecule has 43 heavy (non-hydrogen) atoms. The molecule has 0 unspecified atom stereocenters. The van der Waals surface area contributed by atoms with E-state index in [4.69, 9.17) is 4.74 Å². The highest BCUT2D eigenvalue weighted by Gasteiger charge is 2.34. The fraction of sp³-hybridized carbons (Fsp3) is 0.412. The van der Waals surface area contributed by atoms with Crippen LogP contribution < -0.4 is 14.4 Å². The Morgan fingerprint density at radius 2 is 1.63 bits per heavy atom. The van der Waals surface area contributed by atoms with Crippen LogP contribution in [0.25, 0.3) is 0 Å². The van der Waals surface area contributed by atoms with E-state index in [2.05, 4.69) is 5.32 Å². The van der Waals surface area contributed by atoms with Crippen LogP contribution in [0.15, 0.2) is 72.8 Å². The second-order valence-corrected chi connectivity index (χ2v) is 13.4. The number of sulfonamides is 1. The molecule has 0 bridgehead atoms. The first-order valence-electron chi connectivity index (χ1n) is 14.9. The molecule has 3 aromatic carbocycles. The highest BCUT2D eigenvalue weighted by Crippen LogP contribution is 2.26. The molecule has 0 saturated heterocycles. The first kappa shape index (κ1) is 32.1. The minimum absolute atomic E-state index is 0.0519. The third kappa shape index (κ3) is 8.83. The number of carbonyl (C=O) groups excluding carboxylic acids is 2. The number of aryl methyl sites for hydroxylation is 2. The number of hydrogen-bond donors (Lipinski definition) is 1.